The molecule has 1 aromatic rings. The van der Waals surface area contributed by atoms with Crippen molar-refractivity contribution in [3.63, 3.8) is 0 Å². The summed E-state index contributed by atoms with van der Waals surface area (Å²) in [6, 6.07) is 0. The number of nitrogens with zero attached hydrogens (tertiary/aromatic N) is 3. The Hall–Kier alpha value is -2.10. The number of aromatic nitrogens is 2. The molecule has 140 valence electrons. The molecule has 0 unspecified atom stereocenters. The van der Waals surface area contributed by atoms with Crippen LogP contribution in [-0.2, 0) is 14.4 Å². The molecule has 9 heteroatoms. The fraction of sp³-hybridized carbons (Fsp3) is 0.625. The topological polar surface area (TPSA) is 126 Å². The Labute approximate surface area is 147 Å². The van der Waals surface area contributed by atoms with E-state index < -0.39 is 29.6 Å². The molecule has 0 aromatic carbocycles. The molecule has 0 saturated heterocycles. The van der Waals surface area contributed by atoms with Gasteiger partial charge in [-0.05, 0) is 12.3 Å². The molecule has 0 spiro atoms. The minimum atomic E-state index is -1.28. The van der Waals surface area contributed by atoms with E-state index in [-0.39, 0.29) is 12.3 Å². The van der Waals surface area contributed by atoms with Crippen LogP contribution in [0.15, 0.2) is 23.9 Å². The summed E-state index contributed by atoms with van der Waals surface area (Å²) in [5, 5.41) is 26.3. The normalized spacial score (nSPS) is 16.0. The zero-order chi connectivity index (χ0) is 19.0. The summed E-state index contributed by atoms with van der Waals surface area (Å²) in [7, 11) is 1.47. The molecule has 9 nitrogen and oxygen atoms in total. The summed E-state index contributed by atoms with van der Waals surface area (Å²) in [6.45, 7) is 6.73. The van der Waals surface area contributed by atoms with Gasteiger partial charge in [-0.15, -0.1) is 0 Å². The average molecular weight is 354 g/mol. The fourth-order valence-corrected chi connectivity index (χ4v) is 2.15. The molecule has 25 heavy (non-hydrogen) atoms. The van der Waals surface area contributed by atoms with Crippen LogP contribution >= 0.6 is 0 Å². The Kier molecular flexibility index (Phi) is 7.88. The van der Waals surface area contributed by atoms with Gasteiger partial charge in [0.25, 0.3) is 5.91 Å². The van der Waals surface area contributed by atoms with Crippen molar-refractivity contribution >= 4 is 17.3 Å². The number of amides is 1. The first-order valence-electron chi connectivity index (χ1n) is 7.80. The van der Waals surface area contributed by atoms with Gasteiger partial charge in [-0.25, -0.2) is 9.97 Å². The number of hydrogen-bond donors (Lipinski definition) is 3. The molecule has 1 heterocycles. The van der Waals surface area contributed by atoms with Crippen LogP contribution in [0.25, 0.3) is 0 Å². The first-order valence-corrected chi connectivity index (χ1v) is 7.80. The molecule has 0 aliphatic rings. The van der Waals surface area contributed by atoms with Crippen LogP contribution in [0, 0.1) is 5.41 Å². The zero-order valence-corrected chi connectivity index (χ0v) is 15.1. The molecule has 1 amide bonds. The third kappa shape index (κ3) is 6.73. The second-order valence-corrected chi connectivity index (χ2v) is 6.63. The van der Waals surface area contributed by atoms with E-state index in [1.54, 1.807) is 0 Å². The second-order valence-electron chi connectivity index (χ2n) is 6.63. The number of oxime groups is 1. The van der Waals surface area contributed by atoms with E-state index in [4.69, 9.17) is 9.57 Å². The minimum absolute atomic E-state index is 0.112. The van der Waals surface area contributed by atoms with Crippen LogP contribution in [-0.4, -0.2) is 63.8 Å². The molecular formula is C16H26N4O5. The average Bonchev–Trinajstić information content (AvgIpc) is 2.53. The standard InChI is InChI=1S/C16H26N4O5/c1-10(21)14(23)13(15(24-5)16(2,3)4)20-25-8-12(22)19-11-6-17-9-18-7-11/h6-7,9-10,14-15,21,23H,8H2,1-5H3,(H,19,22)/b20-13+/t10-,14+,15-/m1/s1. The molecule has 0 aliphatic carbocycles. The maximum atomic E-state index is 11.8. The van der Waals surface area contributed by atoms with E-state index in [1.807, 2.05) is 20.8 Å². The zero-order valence-electron chi connectivity index (χ0n) is 15.1. The summed E-state index contributed by atoms with van der Waals surface area (Å²) in [5.41, 5.74) is 0.130. The molecule has 1 aromatic heterocycles. The van der Waals surface area contributed by atoms with Crippen molar-refractivity contribution in [3.05, 3.63) is 18.7 Å². The Balaban J connectivity index is 2.79. The lowest BCUT2D eigenvalue weighted by Gasteiger charge is -2.32. The van der Waals surface area contributed by atoms with Gasteiger partial charge in [-0.3, -0.25) is 4.79 Å². The predicted octanol–water partition coefficient (Wildman–Crippen LogP) is 0.590. The molecule has 0 fully saturated rings. The maximum Gasteiger partial charge on any atom is 0.265 e. The first-order chi connectivity index (χ1) is 11.7. The van der Waals surface area contributed by atoms with Gasteiger partial charge >= 0.3 is 0 Å². The van der Waals surface area contributed by atoms with Crippen LogP contribution in [0.2, 0.25) is 0 Å². The van der Waals surface area contributed by atoms with E-state index >= 15 is 0 Å². The van der Waals surface area contributed by atoms with Gasteiger partial charge in [-0.1, -0.05) is 25.9 Å². The fourth-order valence-electron chi connectivity index (χ4n) is 2.15. The van der Waals surface area contributed by atoms with E-state index in [1.165, 1.54) is 32.8 Å². The van der Waals surface area contributed by atoms with Gasteiger partial charge in [0.05, 0.1) is 24.2 Å². The number of carbonyl (C=O) groups excluding carboxylic acids is 1. The lowest BCUT2D eigenvalue weighted by atomic mass is 9.83. The minimum Gasteiger partial charge on any atom is -0.390 e. The number of hydrogen-bond acceptors (Lipinski definition) is 8. The molecule has 0 radical (unpaired) electrons. The number of anilines is 1. The Bertz CT molecular complexity index is 572. The third-order valence-corrected chi connectivity index (χ3v) is 3.26. The molecule has 0 saturated carbocycles. The number of aliphatic hydroxyl groups excluding tert-OH is 2. The van der Waals surface area contributed by atoms with Crippen LogP contribution < -0.4 is 5.32 Å². The summed E-state index contributed by atoms with van der Waals surface area (Å²) in [5.74, 6) is -0.464. The molecular weight excluding hydrogens is 328 g/mol. The van der Waals surface area contributed by atoms with Crippen molar-refractivity contribution in [2.75, 3.05) is 19.0 Å². The van der Waals surface area contributed by atoms with Crippen molar-refractivity contribution in [2.24, 2.45) is 10.6 Å². The lowest BCUT2D eigenvalue weighted by Crippen LogP contribution is -2.46. The van der Waals surface area contributed by atoms with Crippen molar-refractivity contribution in [2.45, 2.75) is 46.0 Å². The first kappa shape index (κ1) is 20.9. The van der Waals surface area contributed by atoms with E-state index in [0.717, 1.165) is 0 Å². The maximum absolute atomic E-state index is 11.8. The quantitative estimate of drug-likeness (QED) is 0.461. The Morgan fingerprint density at radius 2 is 1.92 bits per heavy atom. The highest BCUT2D eigenvalue weighted by Gasteiger charge is 2.35. The number of ether oxygens (including phenoxy) is 1. The number of nitrogens with one attached hydrogen (secondary N) is 1. The second kappa shape index (κ2) is 9.40. The number of rotatable bonds is 8. The predicted molar refractivity (Wildman–Crippen MR) is 92.0 cm³/mol. The highest BCUT2D eigenvalue weighted by atomic mass is 16.6. The summed E-state index contributed by atoms with van der Waals surface area (Å²) in [4.78, 5) is 24.5. The monoisotopic (exact) mass is 354 g/mol. The van der Waals surface area contributed by atoms with E-state index in [0.29, 0.717) is 5.69 Å². The smallest absolute Gasteiger partial charge is 0.265 e. The molecule has 0 aliphatic heterocycles. The van der Waals surface area contributed by atoms with Gasteiger partial charge in [0.15, 0.2) is 6.61 Å². The lowest BCUT2D eigenvalue weighted by molar-refractivity contribution is -0.120. The van der Waals surface area contributed by atoms with Crippen LogP contribution in [0.3, 0.4) is 0 Å². The van der Waals surface area contributed by atoms with Crippen molar-refractivity contribution in [1.29, 1.82) is 0 Å². The van der Waals surface area contributed by atoms with E-state index in [9.17, 15) is 15.0 Å². The molecule has 0 bridgehead atoms. The van der Waals surface area contributed by atoms with Gasteiger partial charge in [0.1, 0.15) is 24.2 Å². The van der Waals surface area contributed by atoms with Crippen molar-refractivity contribution < 1.29 is 24.6 Å². The number of aliphatic hydroxyl groups is 2. The number of carbonyl (C=O) groups is 1. The summed E-state index contributed by atoms with van der Waals surface area (Å²) >= 11 is 0. The van der Waals surface area contributed by atoms with Crippen molar-refractivity contribution in [1.82, 2.24) is 9.97 Å². The van der Waals surface area contributed by atoms with Crippen LogP contribution in [0.5, 0.6) is 0 Å². The summed E-state index contributed by atoms with van der Waals surface area (Å²) in [6.07, 6.45) is 1.27. The molecule has 3 atom stereocenters. The highest BCUT2D eigenvalue weighted by Crippen LogP contribution is 2.25. The summed E-state index contributed by atoms with van der Waals surface area (Å²) < 4.78 is 5.40. The largest absolute Gasteiger partial charge is 0.390 e. The van der Waals surface area contributed by atoms with E-state index in [2.05, 4.69) is 20.4 Å². The Morgan fingerprint density at radius 3 is 2.40 bits per heavy atom. The SMILES string of the molecule is CO[C@H](/C(=N/OCC(=O)Nc1cncnc1)[C@@H](O)[C@@H](C)O)C(C)(C)C. The van der Waals surface area contributed by atoms with Crippen LogP contribution in [0.4, 0.5) is 5.69 Å². The van der Waals surface area contributed by atoms with Gasteiger partial charge in [0, 0.05) is 7.11 Å². The Morgan fingerprint density at radius 1 is 1.32 bits per heavy atom. The highest BCUT2D eigenvalue weighted by molar-refractivity contribution is 5.94. The van der Waals surface area contributed by atoms with Crippen molar-refractivity contribution in [3.8, 4) is 0 Å². The van der Waals surface area contributed by atoms with Gasteiger partial charge in [-0.2, -0.15) is 0 Å². The molecule has 3 N–H and O–H groups in total. The van der Waals surface area contributed by atoms with Gasteiger partial charge < -0.3 is 25.1 Å². The number of methoxy groups -OCH3 is 1. The molecule has 1 rings (SSSR count). The third-order valence-electron chi connectivity index (χ3n) is 3.26. The van der Waals surface area contributed by atoms with Gasteiger partial charge in [0.2, 0.25) is 0 Å². The van der Waals surface area contributed by atoms with Crippen LogP contribution in [0.1, 0.15) is 27.7 Å².